The second kappa shape index (κ2) is 5.06. The topological polar surface area (TPSA) is 32.3 Å². The molecule has 1 aromatic rings. The van der Waals surface area contributed by atoms with E-state index in [0.29, 0.717) is 6.54 Å². The summed E-state index contributed by atoms with van der Waals surface area (Å²) in [6.07, 6.45) is 2.57. The number of rotatable bonds is 3. The summed E-state index contributed by atoms with van der Waals surface area (Å²) in [5.74, 6) is -0.483. The molecule has 82 valence electrons. The van der Waals surface area contributed by atoms with Crippen LogP contribution in [0.4, 0.5) is 10.5 Å². The summed E-state index contributed by atoms with van der Waals surface area (Å²) in [5.41, 5.74) is 2.34. The summed E-state index contributed by atoms with van der Waals surface area (Å²) >= 11 is 0. The van der Waals surface area contributed by atoms with Crippen molar-refractivity contribution in [2.24, 2.45) is 0 Å². The summed E-state index contributed by atoms with van der Waals surface area (Å²) in [6.45, 7) is 2.80. The molecule has 1 heterocycles. The van der Waals surface area contributed by atoms with E-state index in [4.69, 9.17) is 7.85 Å². The first kappa shape index (κ1) is 11.1. The Bertz CT molecular complexity index is 358. The van der Waals surface area contributed by atoms with Crippen molar-refractivity contribution < 1.29 is 4.79 Å². The van der Waals surface area contributed by atoms with E-state index in [1.54, 1.807) is 0 Å². The van der Waals surface area contributed by atoms with Crippen molar-refractivity contribution >= 4 is 19.3 Å². The van der Waals surface area contributed by atoms with Gasteiger partial charge < -0.3 is 10.2 Å². The lowest BCUT2D eigenvalue weighted by atomic mass is 10.1. The average molecular weight is 214 g/mol. The molecule has 1 fully saturated rings. The molecule has 1 aromatic carbocycles. The predicted molar refractivity (Wildman–Crippen MR) is 65.9 cm³/mol. The van der Waals surface area contributed by atoms with Crippen molar-refractivity contribution in [3.05, 3.63) is 29.8 Å². The molecule has 1 aliphatic heterocycles. The SMILES string of the molecule is [B]C(=O)NCc1ccc(N2CCCC2)cc1. The number of nitrogens with zero attached hydrogens (tertiary/aromatic N) is 1. The van der Waals surface area contributed by atoms with Gasteiger partial charge in [-0.15, -0.1) is 0 Å². The predicted octanol–water partition coefficient (Wildman–Crippen LogP) is 1.66. The molecule has 4 heteroatoms. The molecule has 0 saturated carbocycles. The third-order valence-corrected chi connectivity index (χ3v) is 2.87. The minimum absolute atomic E-state index is 0.483. The fourth-order valence-electron chi connectivity index (χ4n) is 1.99. The Labute approximate surface area is 97.2 Å². The zero-order valence-corrected chi connectivity index (χ0v) is 9.28. The molecular formula is C12H15BN2O. The van der Waals surface area contributed by atoms with Crippen LogP contribution < -0.4 is 10.2 Å². The van der Waals surface area contributed by atoms with Crippen LogP contribution >= 0.6 is 0 Å². The number of hydrogen-bond acceptors (Lipinski definition) is 2. The molecule has 1 N–H and O–H groups in total. The van der Waals surface area contributed by atoms with Crippen LogP contribution in [0.5, 0.6) is 0 Å². The average Bonchev–Trinajstić information content (AvgIpc) is 2.80. The summed E-state index contributed by atoms with van der Waals surface area (Å²) in [5, 5.41) is 2.58. The Morgan fingerprint density at radius 1 is 1.25 bits per heavy atom. The van der Waals surface area contributed by atoms with Crippen LogP contribution in [0.2, 0.25) is 0 Å². The molecule has 2 rings (SSSR count). The summed E-state index contributed by atoms with van der Waals surface area (Å²) in [7, 11) is 5.01. The van der Waals surface area contributed by atoms with Gasteiger partial charge in [0.1, 0.15) is 0 Å². The first-order chi connectivity index (χ1) is 7.75. The highest BCUT2D eigenvalue weighted by Crippen LogP contribution is 2.20. The van der Waals surface area contributed by atoms with Gasteiger partial charge in [0.2, 0.25) is 7.85 Å². The number of carbonyl (C=O) groups is 1. The number of carbonyl (C=O) groups excluding carboxylic acids is 1. The Kier molecular flexibility index (Phi) is 3.49. The molecule has 16 heavy (non-hydrogen) atoms. The van der Waals surface area contributed by atoms with Crippen LogP contribution in [0.25, 0.3) is 0 Å². The number of hydrogen-bond donors (Lipinski definition) is 1. The van der Waals surface area contributed by atoms with Crippen LogP contribution in [0.1, 0.15) is 18.4 Å². The summed E-state index contributed by atoms with van der Waals surface area (Å²) in [4.78, 5) is 12.9. The second-order valence-electron chi connectivity index (χ2n) is 4.08. The third-order valence-electron chi connectivity index (χ3n) is 2.87. The highest BCUT2D eigenvalue weighted by molar-refractivity contribution is 6.57. The van der Waals surface area contributed by atoms with Gasteiger partial charge in [0.05, 0.1) is 0 Å². The van der Waals surface area contributed by atoms with Crippen molar-refractivity contribution in [1.29, 1.82) is 0 Å². The minimum Gasteiger partial charge on any atom is -0.372 e. The van der Waals surface area contributed by atoms with Crippen molar-refractivity contribution in [3.8, 4) is 0 Å². The Morgan fingerprint density at radius 3 is 2.44 bits per heavy atom. The molecule has 1 amide bonds. The van der Waals surface area contributed by atoms with Crippen LogP contribution in [0, 0.1) is 0 Å². The lowest BCUT2D eigenvalue weighted by Crippen LogP contribution is -2.21. The number of nitrogens with one attached hydrogen (secondary N) is 1. The summed E-state index contributed by atoms with van der Waals surface area (Å²) < 4.78 is 0. The standard InChI is InChI=1S/C12H15BN2O/c13-12(16)14-9-10-3-5-11(6-4-10)15-7-1-2-8-15/h3-6H,1-2,7-9H2,(H,14,16). The zero-order valence-electron chi connectivity index (χ0n) is 9.28. The molecule has 2 radical (unpaired) electrons. The molecule has 1 aliphatic rings. The molecule has 0 unspecified atom stereocenters. The van der Waals surface area contributed by atoms with Crippen LogP contribution in [0.3, 0.4) is 0 Å². The van der Waals surface area contributed by atoms with Crippen molar-refractivity contribution in [2.45, 2.75) is 19.4 Å². The van der Waals surface area contributed by atoms with Gasteiger partial charge in [-0.3, -0.25) is 4.79 Å². The molecule has 1 saturated heterocycles. The minimum atomic E-state index is -0.483. The third kappa shape index (κ3) is 2.78. The molecule has 3 nitrogen and oxygen atoms in total. The molecule has 0 aromatic heterocycles. The van der Waals surface area contributed by atoms with Gasteiger partial charge in [-0.1, -0.05) is 12.1 Å². The Hall–Kier alpha value is -1.45. The van der Waals surface area contributed by atoms with Gasteiger partial charge >= 0.3 is 0 Å². The van der Waals surface area contributed by atoms with Crippen molar-refractivity contribution in [1.82, 2.24) is 5.32 Å². The van der Waals surface area contributed by atoms with E-state index in [1.807, 2.05) is 12.1 Å². The van der Waals surface area contributed by atoms with E-state index in [-0.39, 0.29) is 0 Å². The van der Waals surface area contributed by atoms with Gasteiger partial charge in [-0.25, -0.2) is 0 Å². The largest absolute Gasteiger partial charge is 0.372 e. The Morgan fingerprint density at radius 2 is 1.88 bits per heavy atom. The number of benzene rings is 1. The van der Waals surface area contributed by atoms with E-state index in [1.165, 1.54) is 18.5 Å². The summed E-state index contributed by atoms with van der Waals surface area (Å²) in [6, 6.07) is 8.26. The monoisotopic (exact) mass is 214 g/mol. The van der Waals surface area contributed by atoms with Crippen molar-refractivity contribution in [3.63, 3.8) is 0 Å². The van der Waals surface area contributed by atoms with Gasteiger partial charge in [-0.05, 0) is 30.5 Å². The van der Waals surface area contributed by atoms with Gasteiger partial charge in [0.15, 0.2) is 5.81 Å². The number of amides is 1. The van der Waals surface area contributed by atoms with Gasteiger partial charge in [0.25, 0.3) is 0 Å². The fourth-order valence-corrected chi connectivity index (χ4v) is 1.99. The molecule has 0 spiro atoms. The highest BCUT2D eigenvalue weighted by Gasteiger charge is 2.11. The Balaban J connectivity index is 1.95. The van der Waals surface area contributed by atoms with Crippen LogP contribution in [-0.2, 0) is 6.54 Å². The molecule has 0 atom stereocenters. The maximum absolute atomic E-state index is 10.6. The van der Waals surface area contributed by atoms with E-state index in [9.17, 15) is 4.79 Å². The molecule has 0 bridgehead atoms. The maximum Gasteiger partial charge on any atom is 0.200 e. The lowest BCUT2D eigenvalue weighted by Gasteiger charge is -2.17. The zero-order chi connectivity index (χ0) is 11.4. The molecule has 0 aliphatic carbocycles. The van der Waals surface area contributed by atoms with Gasteiger partial charge in [0, 0.05) is 25.3 Å². The first-order valence-electron chi connectivity index (χ1n) is 5.63. The lowest BCUT2D eigenvalue weighted by molar-refractivity contribution is 0.259. The van der Waals surface area contributed by atoms with Crippen LogP contribution in [0.15, 0.2) is 24.3 Å². The van der Waals surface area contributed by atoms with E-state index in [2.05, 4.69) is 22.3 Å². The smallest absolute Gasteiger partial charge is 0.200 e. The van der Waals surface area contributed by atoms with E-state index < -0.39 is 5.81 Å². The maximum atomic E-state index is 10.6. The quantitative estimate of drug-likeness (QED) is 0.776. The van der Waals surface area contributed by atoms with Gasteiger partial charge in [-0.2, -0.15) is 0 Å². The highest BCUT2D eigenvalue weighted by atomic mass is 16.1. The van der Waals surface area contributed by atoms with Crippen LogP contribution in [-0.4, -0.2) is 26.7 Å². The first-order valence-corrected chi connectivity index (χ1v) is 5.63. The second-order valence-corrected chi connectivity index (χ2v) is 4.08. The normalized spacial score (nSPS) is 15.1. The van der Waals surface area contributed by atoms with E-state index in [0.717, 1.165) is 18.7 Å². The van der Waals surface area contributed by atoms with Crippen molar-refractivity contribution in [2.75, 3.05) is 18.0 Å². The number of anilines is 1. The van der Waals surface area contributed by atoms with E-state index >= 15 is 0 Å². The fraction of sp³-hybridized carbons (Fsp3) is 0.417. The molecular weight excluding hydrogens is 199 g/mol.